The van der Waals surface area contributed by atoms with Gasteiger partial charge in [0, 0.05) is 5.92 Å². The average molecular weight is 169 g/mol. The minimum Gasteiger partial charge on any atom is -0.272 e. The quantitative estimate of drug-likeness (QED) is 0.444. The fourth-order valence-corrected chi connectivity index (χ4v) is 1.73. The Bertz CT molecular complexity index is 208. The monoisotopic (exact) mass is 169 g/mol. The molecule has 1 saturated carbocycles. The summed E-state index contributed by atoms with van der Waals surface area (Å²) < 4.78 is 0. The number of thiocarbonyl (C=S) groups is 1. The molecule has 2 unspecified atom stereocenters. The number of carbonyl (C=O) groups excluding carboxylic acids is 1. The Morgan fingerprint density at radius 3 is 2.82 bits per heavy atom. The maximum absolute atomic E-state index is 11.2. The highest BCUT2D eigenvalue weighted by molar-refractivity contribution is 7.78. The summed E-state index contributed by atoms with van der Waals surface area (Å²) in [7, 11) is 0. The highest BCUT2D eigenvalue weighted by atomic mass is 32.1. The van der Waals surface area contributed by atoms with Crippen molar-refractivity contribution >= 4 is 23.3 Å². The molecule has 11 heavy (non-hydrogen) atoms. The Hall–Kier alpha value is -0.530. The summed E-state index contributed by atoms with van der Waals surface area (Å²) in [5, 5.41) is 2.12. The lowest BCUT2D eigenvalue weighted by Crippen LogP contribution is -2.14. The van der Waals surface area contributed by atoms with Crippen LogP contribution in [-0.4, -0.2) is 11.1 Å². The van der Waals surface area contributed by atoms with Crippen LogP contribution < -0.4 is 0 Å². The third kappa shape index (κ3) is 1.95. The Kier molecular flexibility index (Phi) is 2.92. The summed E-state index contributed by atoms with van der Waals surface area (Å²) in [6.07, 6.45) is 3.26. The van der Waals surface area contributed by atoms with Gasteiger partial charge in [-0.2, -0.15) is 4.99 Å². The second-order valence-electron chi connectivity index (χ2n) is 3.06. The Morgan fingerprint density at radius 2 is 2.36 bits per heavy atom. The van der Waals surface area contributed by atoms with Gasteiger partial charge >= 0.3 is 0 Å². The average Bonchev–Trinajstić information content (AvgIpc) is 2.36. The lowest BCUT2D eigenvalue weighted by molar-refractivity contribution is -0.122. The topological polar surface area (TPSA) is 29.4 Å². The van der Waals surface area contributed by atoms with E-state index >= 15 is 0 Å². The molecule has 2 atom stereocenters. The van der Waals surface area contributed by atoms with Crippen LogP contribution in [0.5, 0.6) is 0 Å². The minimum absolute atomic E-state index is 0.0787. The van der Waals surface area contributed by atoms with Crippen molar-refractivity contribution in [3.63, 3.8) is 0 Å². The lowest BCUT2D eigenvalue weighted by atomic mass is 9.98. The summed E-state index contributed by atoms with van der Waals surface area (Å²) in [6.45, 7) is 2.09. The number of nitrogens with zero attached hydrogens (tertiary/aromatic N) is 1. The molecule has 60 valence electrons. The fourth-order valence-electron chi connectivity index (χ4n) is 1.64. The number of carbonyl (C=O) groups is 1. The third-order valence-electron chi connectivity index (χ3n) is 2.33. The van der Waals surface area contributed by atoms with Crippen molar-refractivity contribution in [3.05, 3.63) is 0 Å². The molecule has 0 heterocycles. The van der Waals surface area contributed by atoms with Crippen molar-refractivity contribution in [2.75, 3.05) is 0 Å². The predicted molar refractivity (Wildman–Crippen MR) is 46.5 cm³/mol. The highest BCUT2D eigenvalue weighted by Gasteiger charge is 2.29. The molecule has 1 fully saturated rings. The largest absolute Gasteiger partial charge is 0.272 e. The number of hydrogen-bond donors (Lipinski definition) is 0. The zero-order chi connectivity index (χ0) is 8.27. The Morgan fingerprint density at radius 1 is 1.64 bits per heavy atom. The van der Waals surface area contributed by atoms with E-state index in [-0.39, 0.29) is 11.8 Å². The van der Waals surface area contributed by atoms with Crippen LogP contribution in [0.2, 0.25) is 0 Å². The maximum atomic E-state index is 11.2. The first kappa shape index (κ1) is 8.57. The molecule has 1 rings (SSSR count). The van der Waals surface area contributed by atoms with Crippen molar-refractivity contribution < 1.29 is 4.79 Å². The van der Waals surface area contributed by atoms with E-state index in [1.54, 1.807) is 0 Å². The number of amides is 1. The highest BCUT2D eigenvalue weighted by Crippen LogP contribution is 2.31. The molecule has 0 N–H and O–H groups in total. The van der Waals surface area contributed by atoms with Gasteiger partial charge < -0.3 is 0 Å². The zero-order valence-electron chi connectivity index (χ0n) is 6.54. The molecule has 3 heteroatoms. The Balaban J connectivity index is 2.59. The maximum Gasteiger partial charge on any atom is 0.257 e. The molecule has 2 nitrogen and oxygen atoms in total. The molecule has 0 spiro atoms. The van der Waals surface area contributed by atoms with Gasteiger partial charge in [0.25, 0.3) is 5.91 Å². The van der Waals surface area contributed by atoms with Crippen LogP contribution >= 0.6 is 12.2 Å². The molecule has 0 bridgehead atoms. The molecule has 1 amide bonds. The van der Waals surface area contributed by atoms with Crippen LogP contribution in [0.4, 0.5) is 0 Å². The third-order valence-corrected chi connectivity index (χ3v) is 2.43. The van der Waals surface area contributed by atoms with Gasteiger partial charge in [0.1, 0.15) is 0 Å². The van der Waals surface area contributed by atoms with Crippen LogP contribution in [0, 0.1) is 11.8 Å². The Labute approximate surface area is 71.7 Å². The van der Waals surface area contributed by atoms with Crippen LogP contribution in [0.1, 0.15) is 26.2 Å². The number of rotatable bonds is 1. The van der Waals surface area contributed by atoms with Crippen molar-refractivity contribution in [1.82, 2.24) is 0 Å². The standard InChI is InChI=1S/C8H11NOS/c1-6-3-2-4-7(6)8(10)9-5-11/h6-7H,2-4H2,1H3. The van der Waals surface area contributed by atoms with Gasteiger partial charge in [-0.1, -0.05) is 13.3 Å². The van der Waals surface area contributed by atoms with Crippen LogP contribution in [0.25, 0.3) is 0 Å². The number of hydrogen-bond acceptors (Lipinski definition) is 2. The van der Waals surface area contributed by atoms with Gasteiger partial charge in [-0.15, -0.1) is 0 Å². The molecule has 0 saturated heterocycles. The molecular weight excluding hydrogens is 158 g/mol. The van der Waals surface area contributed by atoms with Gasteiger partial charge in [0.05, 0.1) is 5.16 Å². The minimum atomic E-state index is -0.0787. The molecule has 1 aliphatic carbocycles. The normalized spacial score (nSPS) is 29.5. The SMILES string of the molecule is CC1CCCC1C(=O)N=C=S. The number of isothiocyanates is 1. The van der Waals surface area contributed by atoms with E-state index in [9.17, 15) is 4.79 Å². The molecular formula is C8H11NOS. The first-order valence-corrected chi connectivity index (χ1v) is 4.28. The number of aliphatic imine (C=N–C) groups is 1. The van der Waals surface area contributed by atoms with E-state index in [0.717, 1.165) is 19.3 Å². The molecule has 0 aromatic carbocycles. The van der Waals surface area contributed by atoms with Gasteiger partial charge in [0.15, 0.2) is 0 Å². The van der Waals surface area contributed by atoms with E-state index in [4.69, 9.17) is 0 Å². The van der Waals surface area contributed by atoms with E-state index < -0.39 is 0 Å². The van der Waals surface area contributed by atoms with Crippen molar-refractivity contribution in [2.24, 2.45) is 16.8 Å². The van der Waals surface area contributed by atoms with Crippen molar-refractivity contribution in [3.8, 4) is 0 Å². The summed E-state index contributed by atoms with van der Waals surface area (Å²) >= 11 is 4.36. The molecule has 0 aromatic heterocycles. The zero-order valence-corrected chi connectivity index (χ0v) is 7.36. The van der Waals surface area contributed by atoms with Gasteiger partial charge in [0.2, 0.25) is 0 Å². The first-order chi connectivity index (χ1) is 5.25. The van der Waals surface area contributed by atoms with Crippen molar-refractivity contribution in [1.29, 1.82) is 0 Å². The second-order valence-corrected chi connectivity index (χ2v) is 3.24. The summed E-state index contributed by atoms with van der Waals surface area (Å²) in [4.78, 5) is 14.6. The lowest BCUT2D eigenvalue weighted by Gasteiger charge is -2.08. The van der Waals surface area contributed by atoms with Gasteiger partial charge in [-0.25, -0.2) is 0 Å². The van der Waals surface area contributed by atoms with E-state index in [0.29, 0.717) is 5.92 Å². The molecule has 1 aliphatic rings. The van der Waals surface area contributed by atoms with E-state index in [1.165, 1.54) is 0 Å². The van der Waals surface area contributed by atoms with Gasteiger partial charge in [-0.3, -0.25) is 4.79 Å². The van der Waals surface area contributed by atoms with Crippen LogP contribution in [0.3, 0.4) is 0 Å². The van der Waals surface area contributed by atoms with Crippen LogP contribution in [-0.2, 0) is 4.79 Å². The molecule has 0 aliphatic heterocycles. The first-order valence-electron chi connectivity index (χ1n) is 3.87. The van der Waals surface area contributed by atoms with Crippen LogP contribution in [0.15, 0.2) is 4.99 Å². The smallest absolute Gasteiger partial charge is 0.257 e. The van der Waals surface area contributed by atoms with Gasteiger partial charge in [-0.05, 0) is 31.0 Å². The predicted octanol–water partition coefficient (Wildman–Crippen LogP) is 2.05. The van der Waals surface area contributed by atoms with E-state index in [2.05, 4.69) is 29.3 Å². The fraction of sp³-hybridized carbons (Fsp3) is 0.750. The second kappa shape index (κ2) is 3.74. The van der Waals surface area contributed by atoms with E-state index in [1.807, 2.05) is 0 Å². The van der Waals surface area contributed by atoms with Crippen molar-refractivity contribution in [2.45, 2.75) is 26.2 Å². The molecule has 0 radical (unpaired) electrons. The summed E-state index contributed by atoms with van der Waals surface area (Å²) in [5.41, 5.74) is 0. The summed E-state index contributed by atoms with van der Waals surface area (Å²) in [6, 6.07) is 0. The summed E-state index contributed by atoms with van der Waals surface area (Å²) in [5.74, 6) is 0.519. The molecule has 0 aromatic rings.